The fourth-order valence-electron chi connectivity index (χ4n) is 2.24. The molecule has 2 N–H and O–H groups in total. The molecule has 1 heterocycles. The van der Waals surface area contributed by atoms with Crippen LogP contribution in [0, 0.1) is 0 Å². The molecule has 1 amide bonds. The number of hydrogen-bond donors (Lipinski definition) is 2. The number of carbonyl (C=O) groups excluding carboxylic acids is 1. The van der Waals surface area contributed by atoms with Gasteiger partial charge in [-0.1, -0.05) is 53.5 Å². The van der Waals surface area contributed by atoms with E-state index < -0.39 is 0 Å². The number of aromatic nitrogens is 1. The lowest BCUT2D eigenvalue weighted by Crippen LogP contribution is -2.13. The Hall–Kier alpha value is -2.56. The third-order valence-corrected chi connectivity index (χ3v) is 4.26. The number of hydrogen-bond acceptors (Lipinski definition) is 3. The van der Waals surface area contributed by atoms with Crippen molar-refractivity contribution in [1.29, 1.82) is 0 Å². The molecule has 0 aliphatic carbocycles. The van der Waals surface area contributed by atoms with Gasteiger partial charge in [-0.15, -0.1) is 0 Å². The second-order valence-corrected chi connectivity index (χ2v) is 6.13. The lowest BCUT2D eigenvalue weighted by atomic mass is 10.2. The summed E-state index contributed by atoms with van der Waals surface area (Å²) in [7, 11) is 0. The Labute approximate surface area is 155 Å². The predicted molar refractivity (Wildman–Crippen MR) is 102 cm³/mol. The van der Waals surface area contributed by atoms with Gasteiger partial charge in [0.2, 0.25) is 0 Å². The third kappa shape index (κ3) is 4.50. The van der Waals surface area contributed by atoms with E-state index in [1.807, 2.05) is 30.3 Å². The molecule has 0 saturated heterocycles. The van der Waals surface area contributed by atoms with Crippen molar-refractivity contribution in [2.75, 3.05) is 10.6 Å². The van der Waals surface area contributed by atoms with Gasteiger partial charge in [-0.05, 0) is 35.9 Å². The first-order valence-corrected chi connectivity index (χ1v) is 8.38. The molecule has 0 aliphatic rings. The molecule has 0 radical (unpaired) electrons. The van der Waals surface area contributed by atoms with Crippen molar-refractivity contribution in [2.24, 2.45) is 0 Å². The van der Waals surface area contributed by atoms with Gasteiger partial charge in [0.25, 0.3) is 5.91 Å². The first kappa shape index (κ1) is 17.3. The molecule has 0 fully saturated rings. The Morgan fingerprint density at radius 1 is 0.920 bits per heavy atom. The molecule has 25 heavy (non-hydrogen) atoms. The lowest BCUT2D eigenvalue weighted by Gasteiger charge is -2.09. The van der Waals surface area contributed by atoms with E-state index in [2.05, 4.69) is 15.6 Å². The Bertz CT molecular complexity index is 882. The maximum atomic E-state index is 12.2. The number of rotatable bonds is 5. The molecule has 4 nitrogen and oxygen atoms in total. The molecule has 126 valence electrons. The summed E-state index contributed by atoms with van der Waals surface area (Å²) in [5.74, 6) is 0.156. The minimum Gasteiger partial charge on any atom is -0.380 e. The van der Waals surface area contributed by atoms with Gasteiger partial charge in [-0.2, -0.15) is 0 Å². The number of anilines is 2. The first-order valence-electron chi connectivity index (χ1n) is 7.63. The molecular weight excluding hydrogens is 357 g/mol. The summed E-state index contributed by atoms with van der Waals surface area (Å²) < 4.78 is 0. The Morgan fingerprint density at radius 2 is 1.64 bits per heavy atom. The monoisotopic (exact) mass is 371 g/mol. The molecule has 0 spiro atoms. The fraction of sp³-hybridized carbons (Fsp3) is 0.0526. The highest BCUT2D eigenvalue weighted by Crippen LogP contribution is 2.19. The second kappa shape index (κ2) is 8.01. The Balaban J connectivity index is 1.62. The van der Waals surface area contributed by atoms with Crippen LogP contribution in [0.15, 0.2) is 66.9 Å². The molecule has 6 heteroatoms. The third-order valence-electron chi connectivity index (χ3n) is 3.56. The second-order valence-electron chi connectivity index (χ2n) is 5.31. The van der Waals surface area contributed by atoms with Crippen molar-refractivity contribution in [3.63, 3.8) is 0 Å². The van der Waals surface area contributed by atoms with E-state index in [4.69, 9.17) is 23.2 Å². The number of nitrogens with zero attached hydrogens (tertiary/aromatic N) is 1. The summed E-state index contributed by atoms with van der Waals surface area (Å²) in [4.78, 5) is 16.4. The molecule has 3 rings (SSSR count). The normalized spacial score (nSPS) is 10.3. The fourth-order valence-corrected chi connectivity index (χ4v) is 2.66. The van der Waals surface area contributed by atoms with E-state index in [1.165, 1.54) is 0 Å². The Morgan fingerprint density at radius 3 is 2.32 bits per heavy atom. The van der Waals surface area contributed by atoms with E-state index in [9.17, 15) is 4.79 Å². The molecule has 0 aliphatic heterocycles. The van der Waals surface area contributed by atoms with E-state index in [0.29, 0.717) is 28.0 Å². The molecular formula is C19H15Cl2N3O. The Kier molecular flexibility index (Phi) is 5.53. The average molecular weight is 372 g/mol. The van der Waals surface area contributed by atoms with Crippen molar-refractivity contribution in [1.82, 2.24) is 4.98 Å². The van der Waals surface area contributed by atoms with Gasteiger partial charge in [0, 0.05) is 11.6 Å². The maximum absolute atomic E-state index is 12.2. The minimum absolute atomic E-state index is 0.296. The van der Waals surface area contributed by atoms with Crippen LogP contribution in [0.5, 0.6) is 0 Å². The van der Waals surface area contributed by atoms with Gasteiger partial charge in [0.05, 0.1) is 22.5 Å². The standard InChI is InChI=1S/C19H15Cl2N3O/c20-16-7-3-1-5-13(16)11-22-14-9-10-18(23-12-14)24-19(25)15-6-2-4-8-17(15)21/h1-10,12,22H,11H2,(H,23,24,25). The summed E-state index contributed by atoms with van der Waals surface area (Å²) in [5, 5.41) is 7.08. The van der Waals surface area contributed by atoms with Crippen LogP contribution < -0.4 is 10.6 Å². The predicted octanol–water partition coefficient (Wildman–Crippen LogP) is 5.25. The number of amides is 1. The van der Waals surface area contributed by atoms with E-state index in [1.54, 1.807) is 36.5 Å². The van der Waals surface area contributed by atoms with Crippen LogP contribution in [0.3, 0.4) is 0 Å². The largest absolute Gasteiger partial charge is 0.380 e. The van der Waals surface area contributed by atoms with Crippen molar-refractivity contribution >= 4 is 40.6 Å². The highest BCUT2D eigenvalue weighted by atomic mass is 35.5. The van der Waals surface area contributed by atoms with E-state index in [-0.39, 0.29) is 5.91 Å². The molecule has 2 aromatic carbocycles. The summed E-state index contributed by atoms with van der Waals surface area (Å²) in [5.41, 5.74) is 2.24. The smallest absolute Gasteiger partial charge is 0.258 e. The number of pyridine rings is 1. The summed E-state index contributed by atoms with van der Waals surface area (Å²) in [6, 6.07) is 18.1. The van der Waals surface area contributed by atoms with Gasteiger partial charge in [-0.25, -0.2) is 4.98 Å². The maximum Gasteiger partial charge on any atom is 0.258 e. The molecule has 1 aromatic heterocycles. The zero-order valence-corrected chi connectivity index (χ0v) is 14.7. The van der Waals surface area contributed by atoms with E-state index in [0.717, 1.165) is 11.3 Å². The zero-order chi connectivity index (χ0) is 17.6. The van der Waals surface area contributed by atoms with Gasteiger partial charge < -0.3 is 10.6 Å². The van der Waals surface area contributed by atoms with Gasteiger partial charge in [0.15, 0.2) is 0 Å². The van der Waals surface area contributed by atoms with Crippen molar-refractivity contribution in [3.05, 3.63) is 88.0 Å². The van der Waals surface area contributed by atoms with Gasteiger partial charge in [0.1, 0.15) is 5.82 Å². The molecule has 0 bridgehead atoms. The van der Waals surface area contributed by atoms with E-state index >= 15 is 0 Å². The van der Waals surface area contributed by atoms with Crippen LogP contribution in [-0.4, -0.2) is 10.9 Å². The highest BCUT2D eigenvalue weighted by molar-refractivity contribution is 6.34. The van der Waals surface area contributed by atoms with Crippen LogP contribution in [0.1, 0.15) is 15.9 Å². The van der Waals surface area contributed by atoms with Crippen LogP contribution >= 0.6 is 23.2 Å². The van der Waals surface area contributed by atoms with Crippen molar-refractivity contribution in [2.45, 2.75) is 6.54 Å². The molecule has 3 aromatic rings. The van der Waals surface area contributed by atoms with Gasteiger partial charge in [-0.3, -0.25) is 4.79 Å². The molecule has 0 saturated carbocycles. The molecule has 0 atom stereocenters. The number of benzene rings is 2. The topological polar surface area (TPSA) is 54.0 Å². The van der Waals surface area contributed by atoms with Crippen LogP contribution in [0.2, 0.25) is 10.0 Å². The summed E-state index contributed by atoms with van der Waals surface area (Å²) in [6.07, 6.45) is 1.65. The zero-order valence-electron chi connectivity index (χ0n) is 13.2. The quantitative estimate of drug-likeness (QED) is 0.643. The summed E-state index contributed by atoms with van der Waals surface area (Å²) >= 11 is 12.2. The van der Waals surface area contributed by atoms with Crippen LogP contribution in [0.4, 0.5) is 11.5 Å². The lowest BCUT2D eigenvalue weighted by molar-refractivity contribution is 0.102. The van der Waals surface area contributed by atoms with Gasteiger partial charge >= 0.3 is 0 Å². The van der Waals surface area contributed by atoms with Crippen LogP contribution in [0.25, 0.3) is 0 Å². The van der Waals surface area contributed by atoms with Crippen molar-refractivity contribution < 1.29 is 4.79 Å². The minimum atomic E-state index is -0.296. The number of halogens is 2. The van der Waals surface area contributed by atoms with Crippen molar-refractivity contribution in [3.8, 4) is 0 Å². The summed E-state index contributed by atoms with van der Waals surface area (Å²) in [6.45, 7) is 0.590. The number of nitrogens with one attached hydrogen (secondary N) is 2. The first-order chi connectivity index (χ1) is 12.1. The van der Waals surface area contributed by atoms with Crippen LogP contribution in [-0.2, 0) is 6.54 Å². The molecule has 0 unspecified atom stereocenters. The number of carbonyl (C=O) groups is 1. The average Bonchev–Trinajstić information content (AvgIpc) is 2.62. The highest BCUT2D eigenvalue weighted by Gasteiger charge is 2.10. The SMILES string of the molecule is O=C(Nc1ccc(NCc2ccccc2Cl)cn1)c1ccccc1Cl.